The number of thiazole rings is 1. The molecule has 3 atom stereocenters. The molecule has 10 nitrogen and oxygen atoms in total. The molecule has 45 heavy (non-hydrogen) atoms. The van der Waals surface area contributed by atoms with Crippen LogP contribution in [0.3, 0.4) is 0 Å². The van der Waals surface area contributed by atoms with Crippen LogP contribution >= 0.6 is 11.3 Å². The minimum atomic E-state index is -3.85. The van der Waals surface area contributed by atoms with E-state index in [1.807, 2.05) is 31.4 Å². The third-order valence-electron chi connectivity index (χ3n) is 7.93. The number of aromatic nitrogens is 1. The Kier molecular flexibility index (Phi) is 9.68. The number of sulfonamides is 1. The summed E-state index contributed by atoms with van der Waals surface area (Å²) < 4.78 is 34.7. The molecule has 0 saturated carbocycles. The molecule has 12 heteroatoms. The van der Waals surface area contributed by atoms with E-state index in [1.54, 1.807) is 72.6 Å². The number of rotatable bonds is 9. The van der Waals surface area contributed by atoms with Crippen molar-refractivity contribution in [1.29, 1.82) is 0 Å². The predicted octanol–water partition coefficient (Wildman–Crippen LogP) is 4.91. The number of amides is 2. The van der Waals surface area contributed by atoms with Gasteiger partial charge in [-0.3, -0.25) is 9.59 Å². The van der Waals surface area contributed by atoms with E-state index in [0.29, 0.717) is 5.56 Å². The average molecular weight is 649 g/mol. The SMILES string of the molecule is Cc1ccc(S(=O)(=O)N(C)C[C@@H]2Oc3c(NC(=O)c4ccc(-c5nccs5)cc4)cccc3C(=O)N([C@@H](C)CO)C[C@@H]2C)cc1. The first-order chi connectivity index (χ1) is 21.5. The van der Waals surface area contributed by atoms with Crippen LogP contribution in [-0.2, 0) is 10.0 Å². The number of nitrogens with one attached hydrogen (secondary N) is 1. The van der Waals surface area contributed by atoms with Crippen LogP contribution in [0.5, 0.6) is 5.75 Å². The quantitative estimate of drug-likeness (QED) is 0.264. The zero-order chi connectivity index (χ0) is 32.3. The number of aliphatic hydroxyl groups excluding tert-OH is 1. The molecule has 0 radical (unpaired) electrons. The van der Waals surface area contributed by atoms with Gasteiger partial charge in [-0.15, -0.1) is 11.3 Å². The van der Waals surface area contributed by atoms with Crippen LogP contribution in [0.1, 0.15) is 40.1 Å². The van der Waals surface area contributed by atoms with Gasteiger partial charge in [0.2, 0.25) is 10.0 Å². The first-order valence-corrected chi connectivity index (χ1v) is 16.9. The summed E-state index contributed by atoms with van der Waals surface area (Å²) in [5.74, 6) is -0.963. The number of hydrogen-bond acceptors (Lipinski definition) is 8. The van der Waals surface area contributed by atoms with Gasteiger partial charge < -0.3 is 20.1 Å². The van der Waals surface area contributed by atoms with Gasteiger partial charge in [0.1, 0.15) is 11.1 Å². The summed E-state index contributed by atoms with van der Waals surface area (Å²) in [4.78, 5) is 33.2. The number of aliphatic hydroxyl groups is 1. The second-order valence-corrected chi connectivity index (χ2v) is 14.2. The zero-order valence-electron chi connectivity index (χ0n) is 25.5. The Hall–Kier alpha value is -4.10. The normalized spacial score (nSPS) is 17.6. The van der Waals surface area contributed by atoms with Crippen molar-refractivity contribution in [2.75, 3.05) is 32.1 Å². The number of aryl methyl sites for hydroxylation is 1. The van der Waals surface area contributed by atoms with E-state index in [9.17, 15) is 23.1 Å². The minimum Gasteiger partial charge on any atom is -0.486 e. The van der Waals surface area contributed by atoms with E-state index in [0.717, 1.165) is 16.1 Å². The number of fused-ring (bicyclic) bond motifs is 1. The van der Waals surface area contributed by atoms with Crippen molar-refractivity contribution < 1.29 is 27.9 Å². The molecule has 0 bridgehead atoms. The molecule has 236 valence electrons. The van der Waals surface area contributed by atoms with E-state index >= 15 is 0 Å². The molecule has 2 heterocycles. The Bertz CT molecular complexity index is 1760. The summed E-state index contributed by atoms with van der Waals surface area (Å²) in [5, 5.41) is 15.6. The fourth-order valence-corrected chi connectivity index (χ4v) is 6.95. The molecule has 5 rings (SSSR count). The second kappa shape index (κ2) is 13.5. The highest BCUT2D eigenvalue weighted by Crippen LogP contribution is 2.35. The fraction of sp³-hybridized carbons (Fsp3) is 0.303. The number of carbonyl (C=O) groups is 2. The summed E-state index contributed by atoms with van der Waals surface area (Å²) in [7, 11) is -2.35. The van der Waals surface area contributed by atoms with E-state index in [1.165, 1.54) is 22.7 Å². The maximum Gasteiger partial charge on any atom is 0.258 e. The molecule has 1 aromatic heterocycles. The van der Waals surface area contributed by atoms with Crippen molar-refractivity contribution >= 4 is 38.9 Å². The Morgan fingerprint density at radius 2 is 1.87 bits per heavy atom. The fourth-order valence-electron chi connectivity index (χ4n) is 5.13. The van der Waals surface area contributed by atoms with Crippen molar-refractivity contribution in [3.8, 4) is 16.3 Å². The van der Waals surface area contributed by atoms with Crippen LogP contribution in [-0.4, -0.2) is 78.4 Å². The van der Waals surface area contributed by atoms with Crippen LogP contribution in [0.15, 0.2) is 83.2 Å². The Labute approximate surface area is 267 Å². The molecule has 3 aromatic carbocycles. The highest BCUT2D eigenvalue weighted by Gasteiger charge is 2.36. The Morgan fingerprint density at radius 3 is 2.51 bits per heavy atom. The topological polar surface area (TPSA) is 129 Å². The highest BCUT2D eigenvalue weighted by atomic mass is 32.2. The molecular weight excluding hydrogens is 613 g/mol. The molecule has 4 aromatic rings. The van der Waals surface area contributed by atoms with Gasteiger partial charge in [-0.2, -0.15) is 4.31 Å². The largest absolute Gasteiger partial charge is 0.486 e. The van der Waals surface area contributed by atoms with Gasteiger partial charge in [-0.1, -0.05) is 42.8 Å². The van der Waals surface area contributed by atoms with Crippen molar-refractivity contribution in [2.45, 2.75) is 37.8 Å². The van der Waals surface area contributed by atoms with Crippen molar-refractivity contribution in [2.24, 2.45) is 5.92 Å². The molecular formula is C33H36N4O6S2. The van der Waals surface area contributed by atoms with Crippen molar-refractivity contribution in [1.82, 2.24) is 14.2 Å². The highest BCUT2D eigenvalue weighted by molar-refractivity contribution is 7.89. The van der Waals surface area contributed by atoms with Gasteiger partial charge in [0.15, 0.2) is 5.75 Å². The number of hydrogen-bond donors (Lipinski definition) is 2. The molecule has 0 spiro atoms. The Morgan fingerprint density at radius 1 is 1.16 bits per heavy atom. The average Bonchev–Trinajstić information content (AvgIpc) is 3.58. The number of anilines is 1. The summed E-state index contributed by atoms with van der Waals surface area (Å²) in [5.41, 5.74) is 2.70. The summed E-state index contributed by atoms with van der Waals surface area (Å²) >= 11 is 1.50. The molecule has 0 unspecified atom stereocenters. The lowest BCUT2D eigenvalue weighted by molar-refractivity contribution is 0.0388. The van der Waals surface area contributed by atoms with Gasteiger partial charge in [0.05, 0.1) is 35.3 Å². The van der Waals surface area contributed by atoms with Crippen LogP contribution in [0, 0.1) is 12.8 Å². The maximum atomic E-state index is 13.8. The monoisotopic (exact) mass is 648 g/mol. The zero-order valence-corrected chi connectivity index (χ0v) is 27.1. The van der Waals surface area contributed by atoms with Crippen LogP contribution in [0.2, 0.25) is 0 Å². The Balaban J connectivity index is 1.47. The summed E-state index contributed by atoms with van der Waals surface area (Å²) in [6.07, 6.45) is 1.02. The van der Waals surface area contributed by atoms with Gasteiger partial charge >= 0.3 is 0 Å². The maximum absolute atomic E-state index is 13.8. The first-order valence-electron chi connectivity index (χ1n) is 14.6. The van der Waals surface area contributed by atoms with Gasteiger partial charge in [0, 0.05) is 42.2 Å². The van der Waals surface area contributed by atoms with E-state index in [-0.39, 0.29) is 53.4 Å². The molecule has 0 saturated heterocycles. The molecule has 0 fully saturated rings. The number of likely N-dealkylation sites (N-methyl/N-ethyl adjacent to an activating group) is 1. The first kappa shape index (κ1) is 32.3. The number of benzene rings is 3. The standard InChI is InChI=1S/C33H36N4O6S2/c1-21-8-14-26(15-9-21)45(41,42)36(4)19-29-22(2)18-37(23(3)20-38)33(40)27-6-5-7-28(30(27)43-29)35-31(39)24-10-12-25(13-11-24)32-34-16-17-44-32/h5-17,22-23,29,38H,18-20H2,1-4H3,(H,35,39)/t22-,23-,29-/m0/s1. The molecule has 1 aliphatic rings. The van der Waals surface area contributed by atoms with Crippen molar-refractivity contribution in [3.05, 3.63) is 95.0 Å². The van der Waals surface area contributed by atoms with Gasteiger partial charge in [-0.25, -0.2) is 13.4 Å². The van der Waals surface area contributed by atoms with Gasteiger partial charge in [0.25, 0.3) is 11.8 Å². The number of para-hydroxylation sites is 1. The van der Waals surface area contributed by atoms with Gasteiger partial charge in [-0.05, 0) is 50.2 Å². The van der Waals surface area contributed by atoms with Crippen molar-refractivity contribution in [3.63, 3.8) is 0 Å². The predicted molar refractivity (Wildman–Crippen MR) is 174 cm³/mol. The van der Waals surface area contributed by atoms with E-state index < -0.39 is 28.1 Å². The number of carbonyl (C=O) groups excluding carboxylic acids is 2. The number of ether oxygens (including phenoxy) is 1. The lowest BCUT2D eigenvalue weighted by atomic mass is 9.99. The molecule has 1 aliphatic heterocycles. The van der Waals surface area contributed by atoms with E-state index in [4.69, 9.17) is 4.74 Å². The second-order valence-electron chi connectivity index (χ2n) is 11.3. The molecule has 0 aliphatic carbocycles. The van der Waals surface area contributed by atoms with Crippen LogP contribution in [0.25, 0.3) is 10.6 Å². The molecule has 2 amide bonds. The van der Waals surface area contributed by atoms with Crippen LogP contribution in [0.4, 0.5) is 5.69 Å². The summed E-state index contributed by atoms with van der Waals surface area (Å²) in [6, 6.07) is 18.1. The van der Waals surface area contributed by atoms with Crippen LogP contribution < -0.4 is 10.1 Å². The molecule has 2 N–H and O–H groups in total. The lowest BCUT2D eigenvalue weighted by Gasteiger charge is -2.38. The minimum absolute atomic E-state index is 0.0210. The lowest BCUT2D eigenvalue weighted by Crippen LogP contribution is -2.50. The van der Waals surface area contributed by atoms with E-state index in [2.05, 4.69) is 10.3 Å². The third-order valence-corrected chi connectivity index (χ3v) is 10.6. The summed E-state index contributed by atoms with van der Waals surface area (Å²) in [6.45, 7) is 5.46. The smallest absolute Gasteiger partial charge is 0.258 e. The number of nitrogens with zero attached hydrogens (tertiary/aromatic N) is 3. The third kappa shape index (κ3) is 6.94.